The number of hydrazone groups is 1. The Bertz CT molecular complexity index is 793. The van der Waals surface area contributed by atoms with E-state index in [1.165, 1.54) is 41.8 Å². The highest BCUT2D eigenvalue weighted by Crippen LogP contribution is 2.16. The number of anilines is 1. The van der Waals surface area contributed by atoms with Gasteiger partial charge in [-0.25, -0.2) is 10.4 Å². The Kier molecular flexibility index (Phi) is 5.97. The number of thiazole rings is 1. The van der Waals surface area contributed by atoms with Gasteiger partial charge in [-0.05, 0) is 18.2 Å². The second-order valence-corrected chi connectivity index (χ2v) is 5.08. The van der Waals surface area contributed by atoms with Crippen molar-refractivity contribution in [1.82, 2.24) is 10.4 Å². The number of nitrogens with one attached hydrogen (secondary N) is 2. The van der Waals surface area contributed by atoms with Crippen molar-refractivity contribution in [3.05, 3.63) is 57.8 Å². The summed E-state index contributed by atoms with van der Waals surface area (Å²) in [6.45, 7) is 4.13. The number of furan rings is 1. The van der Waals surface area contributed by atoms with Crippen LogP contribution in [0.15, 0.2) is 45.8 Å². The number of nitrogens with zero attached hydrogens (tertiary/aromatic N) is 3. The van der Waals surface area contributed by atoms with Crippen molar-refractivity contribution in [1.29, 1.82) is 0 Å². The summed E-state index contributed by atoms with van der Waals surface area (Å²) in [5, 5.41) is 19.4. The number of amides is 1. The van der Waals surface area contributed by atoms with Crippen LogP contribution in [0.1, 0.15) is 16.2 Å². The van der Waals surface area contributed by atoms with Crippen LogP contribution in [-0.4, -0.2) is 28.6 Å². The van der Waals surface area contributed by atoms with E-state index >= 15 is 0 Å². The summed E-state index contributed by atoms with van der Waals surface area (Å²) in [5.41, 5.74) is 2.56. The molecule has 124 valence electrons. The minimum Gasteiger partial charge on any atom is -0.401 e. The third-order valence-corrected chi connectivity index (χ3v) is 3.31. The fourth-order valence-electron chi connectivity index (χ4n) is 1.48. The highest BCUT2D eigenvalue weighted by molar-refractivity contribution is 7.13. The molecule has 0 fully saturated rings. The van der Waals surface area contributed by atoms with E-state index in [4.69, 9.17) is 4.42 Å². The molecule has 0 atom stereocenters. The van der Waals surface area contributed by atoms with Crippen LogP contribution >= 0.6 is 11.3 Å². The van der Waals surface area contributed by atoms with Gasteiger partial charge in [0.25, 0.3) is 5.91 Å². The van der Waals surface area contributed by atoms with Crippen LogP contribution in [0.4, 0.5) is 11.0 Å². The Balaban J connectivity index is 1.83. The normalized spacial score (nSPS) is 11.0. The molecule has 0 bridgehead atoms. The van der Waals surface area contributed by atoms with Crippen molar-refractivity contribution in [2.75, 3.05) is 11.9 Å². The lowest BCUT2D eigenvalue weighted by molar-refractivity contribution is -0.402. The molecule has 0 aromatic carbocycles. The number of aromatic nitrogens is 1. The van der Waals surface area contributed by atoms with Crippen molar-refractivity contribution in [3.63, 3.8) is 0 Å². The van der Waals surface area contributed by atoms with E-state index in [-0.39, 0.29) is 11.6 Å². The number of rotatable bonds is 8. The van der Waals surface area contributed by atoms with Crippen LogP contribution in [0.5, 0.6) is 0 Å². The molecule has 0 saturated carbocycles. The lowest BCUT2D eigenvalue weighted by Crippen LogP contribution is -2.17. The first kappa shape index (κ1) is 17.1. The molecule has 2 N–H and O–H groups in total. The fourth-order valence-corrected chi connectivity index (χ4v) is 2.18. The zero-order chi connectivity index (χ0) is 17.4. The molecule has 24 heavy (non-hydrogen) atoms. The second kappa shape index (κ2) is 8.39. The molecule has 0 aliphatic heterocycles. The Morgan fingerprint density at radius 2 is 2.38 bits per heavy atom. The fraction of sp³-hybridized carbons (Fsp3) is 0.0714. The summed E-state index contributed by atoms with van der Waals surface area (Å²) < 4.78 is 4.92. The van der Waals surface area contributed by atoms with Crippen molar-refractivity contribution in [2.24, 2.45) is 5.10 Å². The predicted octanol–water partition coefficient (Wildman–Crippen LogP) is 2.67. The van der Waals surface area contributed by atoms with Crippen LogP contribution in [0.2, 0.25) is 0 Å². The van der Waals surface area contributed by atoms with Crippen LogP contribution in [0.3, 0.4) is 0 Å². The van der Waals surface area contributed by atoms with Gasteiger partial charge < -0.3 is 9.73 Å². The molecular weight excluding hydrogens is 334 g/mol. The summed E-state index contributed by atoms with van der Waals surface area (Å²) in [7, 11) is 0. The van der Waals surface area contributed by atoms with Gasteiger partial charge in [0.15, 0.2) is 5.13 Å². The van der Waals surface area contributed by atoms with Crippen molar-refractivity contribution < 1.29 is 14.1 Å². The van der Waals surface area contributed by atoms with Gasteiger partial charge in [-0.2, -0.15) is 5.10 Å². The molecule has 0 spiro atoms. The summed E-state index contributed by atoms with van der Waals surface area (Å²) >= 11 is 1.30. The molecule has 10 heteroatoms. The van der Waals surface area contributed by atoms with Gasteiger partial charge in [-0.3, -0.25) is 14.9 Å². The summed E-state index contributed by atoms with van der Waals surface area (Å²) in [5.74, 6) is -0.489. The van der Waals surface area contributed by atoms with E-state index in [1.807, 2.05) is 0 Å². The number of carbonyl (C=O) groups is 1. The van der Waals surface area contributed by atoms with Crippen LogP contribution in [0.25, 0.3) is 6.08 Å². The number of hydrogen-bond donors (Lipinski definition) is 2. The van der Waals surface area contributed by atoms with E-state index < -0.39 is 10.8 Å². The SMILES string of the molecule is C=CCNc1nc(C(=O)NN=CC=Cc2ccc([N+](=O)[O-])o2)cs1. The van der Waals surface area contributed by atoms with E-state index in [0.717, 1.165) is 0 Å². The molecule has 0 aliphatic carbocycles. The first-order chi connectivity index (χ1) is 11.6. The maximum absolute atomic E-state index is 11.8. The zero-order valence-electron chi connectivity index (χ0n) is 12.3. The maximum Gasteiger partial charge on any atom is 0.433 e. The third-order valence-electron chi connectivity index (χ3n) is 2.51. The van der Waals surface area contributed by atoms with Crippen LogP contribution in [0, 0.1) is 10.1 Å². The number of allylic oxidation sites excluding steroid dienone is 1. The molecule has 9 nitrogen and oxygen atoms in total. The second-order valence-electron chi connectivity index (χ2n) is 4.22. The first-order valence-electron chi connectivity index (χ1n) is 6.64. The van der Waals surface area contributed by atoms with Gasteiger partial charge in [0.1, 0.15) is 16.4 Å². The summed E-state index contributed by atoms with van der Waals surface area (Å²) in [6, 6.07) is 2.70. The third kappa shape index (κ3) is 4.88. The Hall–Kier alpha value is -3.27. The summed E-state index contributed by atoms with van der Waals surface area (Å²) in [4.78, 5) is 25.7. The minimum atomic E-state index is -0.627. The molecule has 0 unspecified atom stereocenters. The van der Waals surface area contributed by atoms with E-state index in [0.29, 0.717) is 17.4 Å². The van der Waals surface area contributed by atoms with Gasteiger partial charge in [0.05, 0.1) is 6.07 Å². The van der Waals surface area contributed by atoms with Gasteiger partial charge in [0, 0.05) is 18.1 Å². The largest absolute Gasteiger partial charge is 0.433 e. The van der Waals surface area contributed by atoms with Crippen molar-refractivity contribution in [2.45, 2.75) is 0 Å². The molecule has 0 aliphatic rings. The zero-order valence-corrected chi connectivity index (χ0v) is 13.2. The lowest BCUT2D eigenvalue weighted by atomic mass is 10.4. The Morgan fingerprint density at radius 3 is 3.08 bits per heavy atom. The maximum atomic E-state index is 11.8. The molecule has 0 saturated heterocycles. The van der Waals surface area contributed by atoms with Crippen molar-refractivity contribution >= 4 is 40.6 Å². The molecule has 0 radical (unpaired) electrons. The van der Waals surface area contributed by atoms with Gasteiger partial charge >= 0.3 is 5.88 Å². The molecular formula is C14H13N5O4S. The first-order valence-corrected chi connectivity index (χ1v) is 7.52. The monoisotopic (exact) mass is 347 g/mol. The Labute approximate surface area is 140 Å². The topological polar surface area (TPSA) is 123 Å². The smallest absolute Gasteiger partial charge is 0.401 e. The molecule has 2 heterocycles. The number of carbonyl (C=O) groups excluding carboxylic acids is 1. The average molecular weight is 347 g/mol. The number of nitro groups is 1. The predicted molar refractivity (Wildman–Crippen MR) is 91.2 cm³/mol. The van der Waals surface area contributed by atoms with Crippen molar-refractivity contribution in [3.8, 4) is 0 Å². The number of hydrogen-bond acceptors (Lipinski definition) is 8. The van der Waals surface area contributed by atoms with Crippen LogP contribution < -0.4 is 10.7 Å². The summed E-state index contributed by atoms with van der Waals surface area (Å²) in [6.07, 6.45) is 5.95. The highest BCUT2D eigenvalue weighted by Gasteiger charge is 2.10. The molecule has 1 amide bonds. The van der Waals surface area contributed by atoms with Crippen LogP contribution in [-0.2, 0) is 0 Å². The quantitative estimate of drug-likeness (QED) is 0.327. The Morgan fingerprint density at radius 1 is 1.54 bits per heavy atom. The van der Waals surface area contributed by atoms with E-state index in [2.05, 4.69) is 27.4 Å². The van der Waals surface area contributed by atoms with Gasteiger partial charge in [-0.15, -0.1) is 17.9 Å². The average Bonchev–Trinajstić information content (AvgIpc) is 3.22. The highest BCUT2D eigenvalue weighted by atomic mass is 32.1. The molecule has 2 aromatic heterocycles. The van der Waals surface area contributed by atoms with Gasteiger partial charge in [-0.1, -0.05) is 6.08 Å². The lowest BCUT2D eigenvalue weighted by Gasteiger charge is -1.95. The molecule has 2 rings (SSSR count). The van der Waals surface area contributed by atoms with Gasteiger partial charge in [0.2, 0.25) is 0 Å². The van der Waals surface area contributed by atoms with E-state index in [1.54, 1.807) is 11.5 Å². The minimum absolute atomic E-state index is 0.245. The standard InChI is InChI=1S/C14H13N5O4S/c1-2-7-15-14-17-11(9-24-14)13(20)18-16-8-3-4-10-5-6-12(23-10)19(21)22/h2-6,8-9H,1,7H2,(H,15,17)(H,18,20). The molecule has 2 aromatic rings. The van der Waals surface area contributed by atoms with E-state index in [9.17, 15) is 14.9 Å².